The molecule has 5 heteroatoms. The second-order valence-electron chi connectivity index (χ2n) is 3.08. The van der Waals surface area contributed by atoms with E-state index in [9.17, 15) is 9.90 Å². The topological polar surface area (TPSA) is 59.7 Å². The van der Waals surface area contributed by atoms with Crippen LogP contribution in [0.2, 0.25) is 0 Å². The molecule has 0 fully saturated rings. The Hall–Kier alpha value is -0.940. The minimum Gasteiger partial charge on any atom is -0.468 e. The number of esters is 1. The van der Waals surface area contributed by atoms with Gasteiger partial charge in [0.1, 0.15) is 5.76 Å². The van der Waals surface area contributed by atoms with Gasteiger partial charge in [-0.15, -0.1) is 0 Å². The SMILES string of the molecule is COC(=O)C(O)CSCc1occc1C. The molecule has 1 N–H and O–H groups in total. The molecule has 0 aliphatic rings. The number of aliphatic hydroxyl groups is 1. The highest BCUT2D eigenvalue weighted by atomic mass is 32.2. The van der Waals surface area contributed by atoms with Gasteiger partial charge in [-0.25, -0.2) is 4.79 Å². The Kier molecular flexibility index (Phi) is 4.71. The summed E-state index contributed by atoms with van der Waals surface area (Å²) in [5.41, 5.74) is 1.08. The summed E-state index contributed by atoms with van der Waals surface area (Å²) in [4.78, 5) is 10.9. The number of ether oxygens (including phenoxy) is 1. The average Bonchev–Trinajstić information content (AvgIpc) is 2.63. The molecule has 4 nitrogen and oxygen atoms in total. The van der Waals surface area contributed by atoms with Crippen molar-refractivity contribution in [2.24, 2.45) is 0 Å². The van der Waals surface area contributed by atoms with Crippen molar-refractivity contribution in [1.29, 1.82) is 0 Å². The molecule has 1 atom stereocenters. The second kappa shape index (κ2) is 5.82. The lowest BCUT2D eigenvalue weighted by Crippen LogP contribution is -2.24. The van der Waals surface area contributed by atoms with Gasteiger partial charge in [0, 0.05) is 5.75 Å². The molecule has 1 unspecified atom stereocenters. The first kappa shape index (κ1) is 12.1. The largest absolute Gasteiger partial charge is 0.468 e. The van der Waals surface area contributed by atoms with Gasteiger partial charge in [-0.1, -0.05) is 0 Å². The van der Waals surface area contributed by atoms with Crippen LogP contribution in [0, 0.1) is 6.92 Å². The summed E-state index contributed by atoms with van der Waals surface area (Å²) in [6.07, 6.45) is 0.567. The molecule has 0 saturated heterocycles. The lowest BCUT2D eigenvalue weighted by atomic mass is 10.3. The summed E-state index contributed by atoms with van der Waals surface area (Å²) < 4.78 is 9.61. The van der Waals surface area contributed by atoms with E-state index in [0.29, 0.717) is 11.5 Å². The molecule has 0 aromatic carbocycles. The number of aryl methyl sites for hydroxylation is 1. The molecular weight excluding hydrogens is 216 g/mol. The van der Waals surface area contributed by atoms with E-state index in [0.717, 1.165) is 11.3 Å². The number of methoxy groups -OCH3 is 1. The summed E-state index contributed by atoms with van der Waals surface area (Å²) in [5, 5.41) is 9.29. The Bertz CT molecular complexity index is 321. The third kappa shape index (κ3) is 3.60. The van der Waals surface area contributed by atoms with E-state index in [1.54, 1.807) is 6.26 Å². The number of hydrogen-bond acceptors (Lipinski definition) is 5. The smallest absolute Gasteiger partial charge is 0.335 e. The van der Waals surface area contributed by atoms with Crippen LogP contribution in [0.1, 0.15) is 11.3 Å². The van der Waals surface area contributed by atoms with E-state index in [2.05, 4.69) is 4.74 Å². The molecule has 0 aliphatic heterocycles. The fourth-order valence-corrected chi connectivity index (χ4v) is 1.98. The number of thioether (sulfide) groups is 1. The van der Waals surface area contributed by atoms with Crippen LogP contribution in [0.4, 0.5) is 0 Å². The maximum atomic E-state index is 10.9. The first-order valence-corrected chi connectivity index (χ1v) is 5.67. The zero-order valence-corrected chi connectivity index (χ0v) is 9.54. The molecule has 0 amide bonds. The molecule has 0 saturated carbocycles. The number of hydrogen-bond donors (Lipinski definition) is 1. The molecule has 1 heterocycles. The molecule has 0 aliphatic carbocycles. The Morgan fingerprint density at radius 2 is 2.47 bits per heavy atom. The van der Waals surface area contributed by atoms with E-state index in [1.807, 2.05) is 13.0 Å². The maximum absolute atomic E-state index is 10.9. The van der Waals surface area contributed by atoms with E-state index in [1.165, 1.54) is 18.9 Å². The van der Waals surface area contributed by atoms with Crippen molar-refractivity contribution < 1.29 is 19.1 Å². The van der Waals surface area contributed by atoms with Crippen LogP contribution in [0.3, 0.4) is 0 Å². The number of furan rings is 1. The summed E-state index contributed by atoms with van der Waals surface area (Å²) >= 11 is 1.43. The molecule has 15 heavy (non-hydrogen) atoms. The van der Waals surface area contributed by atoms with Crippen LogP contribution in [0.5, 0.6) is 0 Å². The number of aliphatic hydroxyl groups excluding tert-OH is 1. The predicted octanol–water partition coefficient (Wildman–Crippen LogP) is 1.36. The molecule has 0 spiro atoms. The predicted molar refractivity (Wildman–Crippen MR) is 57.6 cm³/mol. The minimum absolute atomic E-state index is 0.312. The number of carbonyl (C=O) groups excluding carboxylic acids is 1. The summed E-state index contributed by atoms with van der Waals surface area (Å²) in [6, 6.07) is 1.88. The van der Waals surface area contributed by atoms with Crippen molar-refractivity contribution in [3.8, 4) is 0 Å². The molecule has 1 rings (SSSR count). The van der Waals surface area contributed by atoms with Crippen molar-refractivity contribution in [2.45, 2.75) is 18.8 Å². The fourth-order valence-electron chi connectivity index (χ4n) is 1.02. The Morgan fingerprint density at radius 3 is 3.00 bits per heavy atom. The molecular formula is C10H14O4S. The van der Waals surface area contributed by atoms with E-state index >= 15 is 0 Å². The monoisotopic (exact) mass is 230 g/mol. The van der Waals surface area contributed by atoms with Crippen LogP contribution < -0.4 is 0 Å². The van der Waals surface area contributed by atoms with Gasteiger partial charge in [0.25, 0.3) is 0 Å². The summed E-state index contributed by atoms with van der Waals surface area (Å²) in [6.45, 7) is 1.95. The summed E-state index contributed by atoms with van der Waals surface area (Å²) in [7, 11) is 1.26. The highest BCUT2D eigenvalue weighted by Crippen LogP contribution is 2.17. The molecule has 0 bridgehead atoms. The average molecular weight is 230 g/mol. The van der Waals surface area contributed by atoms with Crippen LogP contribution in [-0.2, 0) is 15.3 Å². The van der Waals surface area contributed by atoms with Crippen molar-refractivity contribution in [1.82, 2.24) is 0 Å². The fraction of sp³-hybridized carbons (Fsp3) is 0.500. The second-order valence-corrected chi connectivity index (χ2v) is 4.11. The quantitative estimate of drug-likeness (QED) is 0.774. The molecule has 84 valence electrons. The van der Waals surface area contributed by atoms with Crippen molar-refractivity contribution >= 4 is 17.7 Å². The van der Waals surface area contributed by atoms with Gasteiger partial charge in [-0.3, -0.25) is 0 Å². The van der Waals surface area contributed by atoms with Gasteiger partial charge >= 0.3 is 5.97 Å². The zero-order chi connectivity index (χ0) is 11.3. The van der Waals surface area contributed by atoms with Crippen molar-refractivity contribution in [3.63, 3.8) is 0 Å². The lowest BCUT2D eigenvalue weighted by Gasteiger charge is -2.06. The lowest BCUT2D eigenvalue weighted by molar-refractivity contribution is -0.149. The van der Waals surface area contributed by atoms with Gasteiger partial charge in [0.05, 0.1) is 19.1 Å². The van der Waals surface area contributed by atoms with Crippen LogP contribution in [-0.4, -0.2) is 30.0 Å². The van der Waals surface area contributed by atoms with E-state index < -0.39 is 12.1 Å². The van der Waals surface area contributed by atoms with E-state index in [4.69, 9.17) is 4.42 Å². The number of rotatable bonds is 5. The Balaban J connectivity index is 2.28. The van der Waals surface area contributed by atoms with E-state index in [-0.39, 0.29) is 0 Å². The van der Waals surface area contributed by atoms with Crippen LogP contribution in [0.25, 0.3) is 0 Å². The zero-order valence-electron chi connectivity index (χ0n) is 8.73. The van der Waals surface area contributed by atoms with Crippen molar-refractivity contribution in [3.05, 3.63) is 23.7 Å². The van der Waals surface area contributed by atoms with Crippen LogP contribution in [0.15, 0.2) is 16.7 Å². The molecule has 1 aromatic heterocycles. The molecule has 0 radical (unpaired) electrons. The first-order chi connectivity index (χ1) is 7.15. The van der Waals surface area contributed by atoms with Gasteiger partial charge in [-0.05, 0) is 18.6 Å². The van der Waals surface area contributed by atoms with Crippen molar-refractivity contribution in [2.75, 3.05) is 12.9 Å². The standard InChI is InChI=1S/C10H14O4S/c1-7-3-4-14-9(7)6-15-5-8(11)10(12)13-2/h3-4,8,11H,5-6H2,1-2H3. The Morgan fingerprint density at radius 1 is 1.73 bits per heavy atom. The minimum atomic E-state index is -1.06. The third-order valence-corrected chi connectivity index (χ3v) is 2.97. The highest BCUT2D eigenvalue weighted by molar-refractivity contribution is 7.98. The normalized spacial score (nSPS) is 12.5. The maximum Gasteiger partial charge on any atom is 0.335 e. The first-order valence-electron chi connectivity index (χ1n) is 4.51. The molecule has 1 aromatic rings. The summed E-state index contributed by atoms with van der Waals surface area (Å²) in [5.74, 6) is 1.23. The third-order valence-electron chi connectivity index (χ3n) is 1.95. The van der Waals surface area contributed by atoms with Gasteiger partial charge < -0.3 is 14.3 Å². The Labute approximate surface area is 92.6 Å². The number of carbonyl (C=O) groups is 1. The van der Waals surface area contributed by atoms with Gasteiger partial charge in [0.15, 0.2) is 6.10 Å². The van der Waals surface area contributed by atoms with Gasteiger partial charge in [-0.2, -0.15) is 11.8 Å². The highest BCUT2D eigenvalue weighted by Gasteiger charge is 2.15. The van der Waals surface area contributed by atoms with Crippen LogP contribution >= 0.6 is 11.8 Å². The van der Waals surface area contributed by atoms with Gasteiger partial charge in [0.2, 0.25) is 0 Å².